The molecule has 0 bridgehead atoms. The van der Waals surface area contributed by atoms with E-state index < -0.39 is 60.4 Å². The summed E-state index contributed by atoms with van der Waals surface area (Å²) in [6.45, 7) is 4.26. The van der Waals surface area contributed by atoms with Crippen molar-refractivity contribution in [3.8, 4) is 0 Å². The van der Waals surface area contributed by atoms with Gasteiger partial charge in [0, 0.05) is 27.7 Å². The van der Waals surface area contributed by atoms with Crippen LogP contribution in [0.2, 0.25) is 0 Å². The summed E-state index contributed by atoms with van der Waals surface area (Å²) in [6, 6.07) is -1.08. The van der Waals surface area contributed by atoms with Gasteiger partial charge in [0.1, 0.15) is 18.8 Å². The molecule has 0 spiro atoms. The second-order valence-corrected chi connectivity index (χ2v) is 6.85. The van der Waals surface area contributed by atoms with Crippen LogP contribution in [-0.2, 0) is 52.4 Å². The normalized spacial score (nSPS) is 24.8. The highest BCUT2D eigenvalue weighted by molar-refractivity contribution is 5.73. The topological polar surface area (TPSA) is 173 Å². The summed E-state index contributed by atoms with van der Waals surface area (Å²) in [5.74, 6) is -3.56. The van der Waals surface area contributed by atoms with E-state index in [0.717, 1.165) is 13.8 Å². The van der Waals surface area contributed by atoms with Crippen LogP contribution >= 0.6 is 0 Å². The largest absolute Gasteiger partial charge is 0.481 e. The standard InChI is InChI=1S/C19H29NO12/c1-10(21)20-16-18(31-13(4)24)17(30-12(3)23)14(9-29-11(2)22)32-19(16)28-8-7-27-6-5-15(25)26/h14,16-19H,5-9H2,1-4H3,(H,20,21)(H,25,26)/t14?,16?,17-,18?,19+/m0/s1. The molecule has 1 heterocycles. The molecule has 1 aliphatic rings. The number of esters is 3. The maximum atomic E-state index is 11.8. The third-order valence-electron chi connectivity index (χ3n) is 4.04. The second kappa shape index (κ2) is 13.6. The van der Waals surface area contributed by atoms with Gasteiger partial charge in [-0.05, 0) is 0 Å². The van der Waals surface area contributed by atoms with Gasteiger partial charge < -0.3 is 38.8 Å². The van der Waals surface area contributed by atoms with Crippen LogP contribution in [0.5, 0.6) is 0 Å². The molecule has 13 nitrogen and oxygen atoms in total. The summed E-state index contributed by atoms with van der Waals surface area (Å²) in [4.78, 5) is 56.9. The van der Waals surface area contributed by atoms with Gasteiger partial charge in [-0.1, -0.05) is 0 Å². The molecule has 32 heavy (non-hydrogen) atoms. The maximum absolute atomic E-state index is 11.8. The van der Waals surface area contributed by atoms with Crippen LogP contribution in [0.15, 0.2) is 0 Å². The van der Waals surface area contributed by atoms with Crippen LogP contribution in [0, 0.1) is 0 Å². The lowest BCUT2D eigenvalue weighted by atomic mass is 9.96. The third kappa shape index (κ3) is 10.0. The van der Waals surface area contributed by atoms with Gasteiger partial charge >= 0.3 is 23.9 Å². The number of carboxylic acid groups (broad SMARTS) is 1. The number of carbonyl (C=O) groups is 5. The van der Waals surface area contributed by atoms with Crippen LogP contribution in [0.25, 0.3) is 0 Å². The molecule has 1 aliphatic heterocycles. The van der Waals surface area contributed by atoms with Crippen LogP contribution in [0.4, 0.5) is 0 Å². The van der Waals surface area contributed by atoms with Gasteiger partial charge in [0.25, 0.3) is 0 Å². The number of carbonyl (C=O) groups excluding carboxylic acids is 4. The highest BCUT2D eigenvalue weighted by atomic mass is 16.7. The maximum Gasteiger partial charge on any atom is 0.305 e. The minimum absolute atomic E-state index is 0.0140. The molecule has 182 valence electrons. The van der Waals surface area contributed by atoms with E-state index in [1.807, 2.05) is 0 Å². The monoisotopic (exact) mass is 463 g/mol. The summed E-state index contributed by atoms with van der Waals surface area (Å²) < 4.78 is 32.1. The molecule has 0 aromatic heterocycles. The van der Waals surface area contributed by atoms with E-state index in [9.17, 15) is 24.0 Å². The quantitative estimate of drug-likeness (QED) is 0.209. The second-order valence-electron chi connectivity index (χ2n) is 6.85. The molecule has 0 aromatic rings. The zero-order chi connectivity index (χ0) is 24.3. The van der Waals surface area contributed by atoms with Crippen molar-refractivity contribution in [2.45, 2.75) is 64.8 Å². The number of aliphatic carboxylic acids is 1. The van der Waals surface area contributed by atoms with Crippen molar-refractivity contribution in [3.05, 3.63) is 0 Å². The number of nitrogens with one attached hydrogen (secondary N) is 1. The number of carboxylic acids is 1. The lowest BCUT2D eigenvalue weighted by Crippen LogP contribution is -2.66. The summed E-state index contributed by atoms with van der Waals surface area (Å²) in [5, 5.41) is 11.2. The van der Waals surface area contributed by atoms with E-state index in [1.54, 1.807) is 0 Å². The molecule has 1 fully saturated rings. The average Bonchev–Trinajstić information content (AvgIpc) is 2.65. The first kappa shape index (κ1) is 27.3. The zero-order valence-corrected chi connectivity index (χ0v) is 18.4. The van der Waals surface area contributed by atoms with Gasteiger partial charge in [0.05, 0.1) is 26.2 Å². The fraction of sp³-hybridized carbons (Fsp3) is 0.737. The average molecular weight is 463 g/mol. The lowest BCUT2D eigenvalue weighted by molar-refractivity contribution is -0.279. The first-order chi connectivity index (χ1) is 15.0. The van der Waals surface area contributed by atoms with Crippen molar-refractivity contribution >= 4 is 29.8 Å². The summed E-state index contributed by atoms with van der Waals surface area (Å²) >= 11 is 0. The van der Waals surface area contributed by atoms with Gasteiger partial charge in [0.2, 0.25) is 5.91 Å². The fourth-order valence-corrected chi connectivity index (χ4v) is 2.92. The van der Waals surface area contributed by atoms with E-state index in [1.165, 1.54) is 13.8 Å². The Kier molecular flexibility index (Phi) is 11.6. The summed E-state index contributed by atoms with van der Waals surface area (Å²) in [7, 11) is 0. The Balaban J connectivity index is 3.05. The fourth-order valence-electron chi connectivity index (χ4n) is 2.92. The number of hydrogen-bond donors (Lipinski definition) is 2. The predicted molar refractivity (Wildman–Crippen MR) is 103 cm³/mol. The Hall–Kier alpha value is -2.77. The molecule has 0 aliphatic carbocycles. The molecular formula is C19H29NO12. The molecule has 5 atom stereocenters. The van der Waals surface area contributed by atoms with Crippen LogP contribution in [0.3, 0.4) is 0 Å². The van der Waals surface area contributed by atoms with Crippen molar-refractivity contribution in [2.75, 3.05) is 26.4 Å². The van der Waals surface area contributed by atoms with Crippen molar-refractivity contribution in [1.82, 2.24) is 5.32 Å². The Labute approximate surface area is 184 Å². The van der Waals surface area contributed by atoms with Crippen molar-refractivity contribution in [1.29, 1.82) is 0 Å². The molecule has 13 heteroatoms. The van der Waals surface area contributed by atoms with E-state index in [2.05, 4.69) is 5.32 Å². The van der Waals surface area contributed by atoms with E-state index >= 15 is 0 Å². The molecule has 0 radical (unpaired) electrons. The summed E-state index contributed by atoms with van der Waals surface area (Å²) in [6.07, 6.45) is -4.88. The Bertz CT molecular complexity index is 681. The highest BCUT2D eigenvalue weighted by Crippen LogP contribution is 2.28. The van der Waals surface area contributed by atoms with Crippen LogP contribution in [0.1, 0.15) is 34.1 Å². The Morgan fingerprint density at radius 2 is 1.50 bits per heavy atom. The van der Waals surface area contributed by atoms with E-state index in [0.29, 0.717) is 0 Å². The van der Waals surface area contributed by atoms with E-state index in [4.69, 9.17) is 33.5 Å². The predicted octanol–water partition coefficient (Wildman–Crippen LogP) is -0.850. The number of hydrogen-bond acceptors (Lipinski definition) is 11. The van der Waals surface area contributed by atoms with Crippen molar-refractivity contribution in [3.63, 3.8) is 0 Å². The lowest BCUT2D eigenvalue weighted by Gasteiger charge is -2.44. The Morgan fingerprint density at radius 3 is 2.03 bits per heavy atom. The number of ether oxygens (including phenoxy) is 6. The SMILES string of the molecule is CC(=O)NC1C(OC(C)=O)[C@@H](OC(C)=O)C(COC(C)=O)O[C@H]1OCCOCCC(=O)O. The van der Waals surface area contributed by atoms with Gasteiger partial charge in [0.15, 0.2) is 18.5 Å². The smallest absolute Gasteiger partial charge is 0.305 e. The van der Waals surface area contributed by atoms with Crippen molar-refractivity contribution in [2.24, 2.45) is 0 Å². The van der Waals surface area contributed by atoms with Crippen molar-refractivity contribution < 1.29 is 57.5 Å². The number of amides is 1. The molecule has 1 saturated heterocycles. The van der Waals surface area contributed by atoms with Gasteiger partial charge in [-0.3, -0.25) is 24.0 Å². The minimum Gasteiger partial charge on any atom is -0.481 e. The third-order valence-corrected chi connectivity index (χ3v) is 4.04. The first-order valence-corrected chi connectivity index (χ1v) is 9.82. The van der Waals surface area contributed by atoms with Gasteiger partial charge in [-0.15, -0.1) is 0 Å². The summed E-state index contributed by atoms with van der Waals surface area (Å²) in [5.41, 5.74) is 0. The molecule has 0 aromatic carbocycles. The van der Waals surface area contributed by atoms with Crippen LogP contribution < -0.4 is 5.32 Å². The van der Waals surface area contributed by atoms with Gasteiger partial charge in [-0.2, -0.15) is 0 Å². The molecule has 0 saturated carbocycles. The molecule has 1 rings (SSSR count). The molecule has 1 amide bonds. The zero-order valence-electron chi connectivity index (χ0n) is 18.4. The Morgan fingerprint density at radius 1 is 0.875 bits per heavy atom. The minimum atomic E-state index is -1.22. The van der Waals surface area contributed by atoms with E-state index in [-0.39, 0.29) is 32.8 Å². The molecule has 3 unspecified atom stereocenters. The van der Waals surface area contributed by atoms with Crippen LogP contribution in [-0.4, -0.2) is 92.0 Å². The first-order valence-electron chi connectivity index (χ1n) is 9.82. The number of rotatable bonds is 12. The highest BCUT2D eigenvalue weighted by Gasteiger charge is 2.51. The van der Waals surface area contributed by atoms with Gasteiger partial charge in [-0.25, -0.2) is 0 Å². The molecular weight excluding hydrogens is 434 g/mol. The molecule has 2 N–H and O–H groups in total.